The van der Waals surface area contributed by atoms with Crippen molar-refractivity contribution in [3.63, 3.8) is 0 Å². The number of piperidine rings is 1. The number of carbonyl (C=O) groups excluding carboxylic acids is 1. The molecule has 1 spiro atoms. The van der Waals surface area contributed by atoms with Gasteiger partial charge in [-0.3, -0.25) is 9.69 Å². The summed E-state index contributed by atoms with van der Waals surface area (Å²) in [6, 6.07) is 0.377. The Morgan fingerprint density at radius 1 is 1.27 bits per heavy atom. The predicted molar refractivity (Wildman–Crippen MR) is 90.8 cm³/mol. The molecule has 126 valence electrons. The van der Waals surface area contributed by atoms with E-state index in [4.69, 9.17) is 4.74 Å². The number of unbranched alkanes of at least 4 members (excludes halogenated alkanes) is 2. The molecule has 22 heavy (non-hydrogen) atoms. The molecule has 0 aromatic heterocycles. The third kappa shape index (κ3) is 4.34. The van der Waals surface area contributed by atoms with E-state index in [1.165, 1.54) is 44.9 Å². The minimum atomic E-state index is -0.0104. The summed E-state index contributed by atoms with van der Waals surface area (Å²) in [5.41, 5.74) is 0.311. The lowest BCUT2D eigenvalue weighted by atomic mass is 9.65. The molecule has 1 aliphatic heterocycles. The van der Waals surface area contributed by atoms with Gasteiger partial charge in [0.1, 0.15) is 0 Å². The number of carbonyl (C=O) groups is 1. The molecule has 2 atom stereocenters. The third-order valence-electron chi connectivity index (χ3n) is 5.48. The molecule has 0 amide bonds. The van der Waals surface area contributed by atoms with Gasteiger partial charge in [0, 0.05) is 6.04 Å². The van der Waals surface area contributed by atoms with Crippen molar-refractivity contribution >= 4 is 5.97 Å². The van der Waals surface area contributed by atoms with Gasteiger partial charge < -0.3 is 4.74 Å². The number of esters is 1. The fourth-order valence-electron chi connectivity index (χ4n) is 4.34. The zero-order chi connectivity index (χ0) is 15.8. The summed E-state index contributed by atoms with van der Waals surface area (Å²) < 4.78 is 5.27. The van der Waals surface area contributed by atoms with Crippen LogP contribution in [0.25, 0.3) is 0 Å². The van der Waals surface area contributed by atoms with E-state index >= 15 is 0 Å². The molecule has 0 N–H and O–H groups in total. The van der Waals surface area contributed by atoms with Crippen LogP contribution in [0, 0.1) is 5.41 Å². The Balaban J connectivity index is 2.09. The van der Waals surface area contributed by atoms with E-state index in [0.29, 0.717) is 24.5 Å². The number of hydrogen-bond donors (Lipinski definition) is 0. The first kappa shape index (κ1) is 17.5. The molecule has 3 nitrogen and oxygen atoms in total. The van der Waals surface area contributed by atoms with Gasteiger partial charge in [0.2, 0.25) is 0 Å². The molecule has 0 radical (unpaired) electrons. The Kier molecular flexibility index (Phi) is 6.94. The van der Waals surface area contributed by atoms with Crippen LogP contribution in [0.4, 0.5) is 0 Å². The summed E-state index contributed by atoms with van der Waals surface area (Å²) >= 11 is 0. The number of likely N-dealkylation sites (tertiary alicyclic amines) is 1. The second-order valence-electron chi connectivity index (χ2n) is 6.95. The average Bonchev–Trinajstić information content (AvgIpc) is 2.52. The molecule has 0 aromatic carbocycles. The minimum Gasteiger partial charge on any atom is -0.466 e. The van der Waals surface area contributed by atoms with Gasteiger partial charge in [-0.15, -0.1) is 0 Å². The van der Waals surface area contributed by atoms with Crippen LogP contribution in [0.15, 0.2) is 12.2 Å². The summed E-state index contributed by atoms with van der Waals surface area (Å²) in [5.74, 6) is -0.0104. The van der Waals surface area contributed by atoms with Crippen LogP contribution in [0.2, 0.25) is 0 Å². The normalized spacial score (nSPS) is 28.9. The van der Waals surface area contributed by atoms with E-state index in [0.717, 1.165) is 19.5 Å². The van der Waals surface area contributed by atoms with Crippen molar-refractivity contribution in [2.24, 2.45) is 5.41 Å². The molecule has 1 aliphatic carbocycles. The minimum absolute atomic E-state index is 0.0104. The van der Waals surface area contributed by atoms with Gasteiger partial charge in [0.25, 0.3) is 0 Å². The van der Waals surface area contributed by atoms with E-state index in [-0.39, 0.29) is 5.97 Å². The first-order valence-corrected chi connectivity index (χ1v) is 9.26. The van der Waals surface area contributed by atoms with Gasteiger partial charge in [-0.2, -0.15) is 0 Å². The van der Waals surface area contributed by atoms with Crippen LogP contribution in [0.5, 0.6) is 0 Å². The van der Waals surface area contributed by atoms with Gasteiger partial charge in [0.15, 0.2) is 0 Å². The zero-order valence-corrected chi connectivity index (χ0v) is 14.5. The lowest BCUT2D eigenvalue weighted by molar-refractivity contribution is -0.147. The number of allylic oxidation sites excluding steroid dienone is 2. The van der Waals surface area contributed by atoms with E-state index < -0.39 is 0 Å². The molecule has 0 saturated carbocycles. The second kappa shape index (κ2) is 8.71. The van der Waals surface area contributed by atoms with Crippen LogP contribution < -0.4 is 0 Å². The quantitative estimate of drug-likeness (QED) is 0.398. The largest absolute Gasteiger partial charge is 0.466 e. The van der Waals surface area contributed by atoms with Crippen LogP contribution in [0.1, 0.15) is 71.6 Å². The van der Waals surface area contributed by atoms with Crippen molar-refractivity contribution in [2.45, 2.75) is 77.7 Å². The van der Waals surface area contributed by atoms with Crippen molar-refractivity contribution in [3.05, 3.63) is 12.2 Å². The molecular formula is C19H33NO2. The standard InChI is InChI=1S/C19H33NO2/c1-3-5-9-14-20-15-10-13-19(11-7-6-8-12-19)17(20)16-18(21)22-4-2/h6-7,17H,3-5,8-16H2,1-2H3. The topological polar surface area (TPSA) is 29.5 Å². The van der Waals surface area contributed by atoms with Crippen LogP contribution in [-0.4, -0.2) is 36.6 Å². The van der Waals surface area contributed by atoms with Crippen LogP contribution in [0.3, 0.4) is 0 Å². The van der Waals surface area contributed by atoms with E-state index in [2.05, 4.69) is 24.0 Å². The van der Waals surface area contributed by atoms with E-state index in [1.807, 2.05) is 6.92 Å². The molecule has 3 heteroatoms. The molecule has 1 fully saturated rings. The van der Waals surface area contributed by atoms with Crippen molar-refractivity contribution in [2.75, 3.05) is 19.7 Å². The van der Waals surface area contributed by atoms with Crippen LogP contribution in [-0.2, 0) is 9.53 Å². The van der Waals surface area contributed by atoms with Crippen molar-refractivity contribution in [1.29, 1.82) is 0 Å². The lowest BCUT2D eigenvalue weighted by Gasteiger charge is -2.51. The molecule has 1 heterocycles. The average molecular weight is 307 g/mol. The summed E-state index contributed by atoms with van der Waals surface area (Å²) in [4.78, 5) is 14.8. The lowest BCUT2D eigenvalue weighted by Crippen LogP contribution is -2.53. The Morgan fingerprint density at radius 2 is 2.14 bits per heavy atom. The Hall–Kier alpha value is -0.830. The molecule has 0 bridgehead atoms. The summed E-state index contributed by atoms with van der Waals surface area (Å²) in [6.07, 6.45) is 15.1. The van der Waals surface area contributed by atoms with Crippen molar-refractivity contribution < 1.29 is 9.53 Å². The van der Waals surface area contributed by atoms with Crippen molar-refractivity contribution in [1.82, 2.24) is 4.90 Å². The number of ether oxygens (including phenoxy) is 1. The first-order chi connectivity index (χ1) is 10.7. The van der Waals surface area contributed by atoms with E-state index in [9.17, 15) is 4.79 Å². The number of nitrogens with zero attached hydrogens (tertiary/aromatic N) is 1. The van der Waals surface area contributed by atoms with Gasteiger partial charge in [-0.1, -0.05) is 31.9 Å². The fourth-order valence-corrected chi connectivity index (χ4v) is 4.34. The fraction of sp³-hybridized carbons (Fsp3) is 0.842. The summed E-state index contributed by atoms with van der Waals surface area (Å²) in [6.45, 7) is 6.94. The van der Waals surface area contributed by atoms with E-state index in [1.54, 1.807) is 0 Å². The monoisotopic (exact) mass is 307 g/mol. The van der Waals surface area contributed by atoms with Gasteiger partial charge in [-0.05, 0) is 64.0 Å². The summed E-state index contributed by atoms with van der Waals surface area (Å²) in [7, 11) is 0. The third-order valence-corrected chi connectivity index (χ3v) is 5.48. The highest BCUT2D eigenvalue weighted by molar-refractivity contribution is 5.70. The number of hydrogen-bond acceptors (Lipinski definition) is 3. The Bertz CT molecular complexity index is 380. The van der Waals surface area contributed by atoms with Crippen molar-refractivity contribution in [3.8, 4) is 0 Å². The van der Waals surface area contributed by atoms with Gasteiger partial charge >= 0.3 is 5.97 Å². The maximum Gasteiger partial charge on any atom is 0.307 e. The highest BCUT2D eigenvalue weighted by Gasteiger charge is 2.44. The highest BCUT2D eigenvalue weighted by atomic mass is 16.5. The molecule has 2 aliphatic rings. The molecular weight excluding hydrogens is 274 g/mol. The maximum atomic E-state index is 12.1. The van der Waals surface area contributed by atoms with Gasteiger partial charge in [0.05, 0.1) is 13.0 Å². The maximum absolute atomic E-state index is 12.1. The van der Waals surface area contributed by atoms with Crippen LogP contribution >= 0.6 is 0 Å². The first-order valence-electron chi connectivity index (χ1n) is 9.26. The second-order valence-corrected chi connectivity index (χ2v) is 6.95. The molecule has 2 rings (SSSR count). The Labute approximate surface area is 136 Å². The highest BCUT2D eigenvalue weighted by Crippen LogP contribution is 2.46. The predicted octanol–water partition coefficient (Wildman–Crippen LogP) is 4.32. The zero-order valence-electron chi connectivity index (χ0n) is 14.5. The molecule has 0 aromatic rings. The number of rotatable bonds is 7. The van der Waals surface area contributed by atoms with Gasteiger partial charge in [-0.25, -0.2) is 0 Å². The Morgan fingerprint density at radius 3 is 2.82 bits per heavy atom. The smallest absolute Gasteiger partial charge is 0.307 e. The molecule has 2 unspecified atom stereocenters. The SMILES string of the molecule is CCCCCN1CCCC2(CC=CCC2)C1CC(=O)OCC. The summed E-state index contributed by atoms with van der Waals surface area (Å²) in [5, 5.41) is 0. The molecule has 1 saturated heterocycles.